The van der Waals surface area contributed by atoms with Crippen molar-refractivity contribution in [3.05, 3.63) is 34.9 Å². The molecule has 8 unspecified atom stereocenters. The normalized spacial score (nSPS) is 43.3. The molecule has 0 radical (unpaired) electrons. The fourth-order valence-electron chi connectivity index (χ4n) is 9.34. The second-order valence-electron chi connectivity index (χ2n) is 12.5. The number of ether oxygens (including phenoxy) is 1. The van der Waals surface area contributed by atoms with E-state index in [9.17, 15) is 4.79 Å². The van der Waals surface area contributed by atoms with Crippen LogP contribution in [-0.2, 0) is 4.74 Å². The summed E-state index contributed by atoms with van der Waals surface area (Å²) in [6, 6.07) is 6.35. The molecule has 8 atom stereocenters. The van der Waals surface area contributed by atoms with Gasteiger partial charge in [0.15, 0.2) is 5.78 Å². The summed E-state index contributed by atoms with van der Waals surface area (Å²) in [5, 5.41) is 0. The van der Waals surface area contributed by atoms with Gasteiger partial charge in [0.25, 0.3) is 0 Å². The van der Waals surface area contributed by atoms with E-state index in [0.717, 1.165) is 48.2 Å². The van der Waals surface area contributed by atoms with Gasteiger partial charge in [0, 0.05) is 18.6 Å². The standard InChI is InChI=1S/C30H44O2/c1-19-12-15-30(18-32-5)23(16-19)8-9-24-25-10-11-27(29(25,4)14-13-26(24)30)28(31)22-7-6-20(2)21(3)17-22/h6-7,17,19,23-27H,8-16,18H2,1-5H3. The van der Waals surface area contributed by atoms with Gasteiger partial charge in [0.2, 0.25) is 0 Å². The third kappa shape index (κ3) is 3.34. The van der Waals surface area contributed by atoms with E-state index < -0.39 is 0 Å². The maximum Gasteiger partial charge on any atom is 0.166 e. The monoisotopic (exact) mass is 436 g/mol. The molecular formula is C30H44O2. The minimum atomic E-state index is 0.181. The molecule has 176 valence electrons. The van der Waals surface area contributed by atoms with Crippen molar-refractivity contribution < 1.29 is 9.53 Å². The Morgan fingerprint density at radius 1 is 1.00 bits per heavy atom. The van der Waals surface area contributed by atoms with Crippen molar-refractivity contribution >= 4 is 5.78 Å². The summed E-state index contributed by atoms with van der Waals surface area (Å²) < 4.78 is 5.95. The second kappa shape index (κ2) is 8.26. The summed E-state index contributed by atoms with van der Waals surface area (Å²) in [6.45, 7) is 10.2. The highest BCUT2D eigenvalue weighted by Gasteiger charge is 2.62. The van der Waals surface area contributed by atoms with E-state index in [-0.39, 0.29) is 11.3 Å². The quantitative estimate of drug-likeness (QED) is 0.459. The molecule has 0 heterocycles. The number of benzene rings is 1. The van der Waals surface area contributed by atoms with Gasteiger partial charge in [-0.25, -0.2) is 0 Å². The number of rotatable bonds is 4. The Morgan fingerprint density at radius 2 is 1.81 bits per heavy atom. The largest absolute Gasteiger partial charge is 0.384 e. The number of methoxy groups -OCH3 is 1. The first-order chi connectivity index (χ1) is 15.3. The van der Waals surface area contributed by atoms with Crippen molar-refractivity contribution in [3.8, 4) is 0 Å². The van der Waals surface area contributed by atoms with Gasteiger partial charge in [0.05, 0.1) is 6.61 Å². The molecule has 4 aliphatic rings. The number of Topliss-reactive ketones (excluding diaryl/α,β-unsaturated/α-hetero) is 1. The number of aryl methyl sites for hydroxylation is 2. The van der Waals surface area contributed by atoms with Gasteiger partial charge in [-0.05, 0) is 123 Å². The van der Waals surface area contributed by atoms with Crippen molar-refractivity contribution in [1.29, 1.82) is 0 Å². The van der Waals surface area contributed by atoms with E-state index in [4.69, 9.17) is 4.74 Å². The van der Waals surface area contributed by atoms with Crippen molar-refractivity contribution in [2.24, 2.45) is 46.3 Å². The Kier molecular flexibility index (Phi) is 5.84. The Bertz CT molecular complexity index is 874. The lowest BCUT2D eigenvalue weighted by Gasteiger charge is -2.61. The summed E-state index contributed by atoms with van der Waals surface area (Å²) in [4.78, 5) is 13.7. The predicted octanol–water partition coefficient (Wildman–Crippen LogP) is 7.41. The minimum Gasteiger partial charge on any atom is -0.384 e. The topological polar surface area (TPSA) is 26.3 Å². The average molecular weight is 437 g/mol. The van der Waals surface area contributed by atoms with Crippen molar-refractivity contribution in [3.63, 3.8) is 0 Å². The number of carbonyl (C=O) groups is 1. The number of hydrogen-bond acceptors (Lipinski definition) is 2. The molecule has 4 aliphatic carbocycles. The summed E-state index contributed by atoms with van der Waals surface area (Å²) in [5.74, 6) is 4.68. The molecule has 4 fully saturated rings. The van der Waals surface area contributed by atoms with Gasteiger partial charge in [0.1, 0.15) is 0 Å². The van der Waals surface area contributed by atoms with Crippen LogP contribution in [0.15, 0.2) is 18.2 Å². The molecule has 2 nitrogen and oxygen atoms in total. The molecule has 0 amide bonds. The molecule has 0 N–H and O–H groups in total. The van der Waals surface area contributed by atoms with Gasteiger partial charge in [-0.3, -0.25) is 4.79 Å². The van der Waals surface area contributed by atoms with Gasteiger partial charge in [-0.1, -0.05) is 32.4 Å². The Hall–Kier alpha value is -1.15. The molecule has 4 saturated carbocycles. The van der Waals surface area contributed by atoms with E-state index in [0.29, 0.717) is 11.2 Å². The molecule has 0 aliphatic heterocycles. The zero-order valence-electron chi connectivity index (χ0n) is 21.1. The highest BCUT2D eigenvalue weighted by atomic mass is 16.5. The molecule has 1 aromatic carbocycles. The summed E-state index contributed by atoms with van der Waals surface area (Å²) in [7, 11) is 1.92. The number of fused-ring (bicyclic) bond motifs is 5. The first kappa shape index (κ1) is 22.6. The first-order valence-electron chi connectivity index (χ1n) is 13.4. The number of carbonyl (C=O) groups excluding carboxylic acids is 1. The third-order valence-electron chi connectivity index (χ3n) is 11.1. The molecule has 0 spiro atoms. The van der Waals surface area contributed by atoms with Gasteiger partial charge >= 0.3 is 0 Å². The number of hydrogen-bond donors (Lipinski definition) is 0. The van der Waals surface area contributed by atoms with Crippen LogP contribution in [0, 0.1) is 60.2 Å². The molecule has 1 aromatic rings. The molecule has 0 aromatic heterocycles. The summed E-state index contributed by atoms with van der Waals surface area (Å²) in [6.07, 6.45) is 11.8. The smallest absolute Gasteiger partial charge is 0.166 e. The molecule has 0 bridgehead atoms. The molecule has 2 heteroatoms. The lowest BCUT2D eigenvalue weighted by atomic mass is 9.43. The Balaban J connectivity index is 1.42. The fraction of sp³-hybridized carbons (Fsp3) is 0.767. The molecule has 32 heavy (non-hydrogen) atoms. The maximum atomic E-state index is 13.7. The van der Waals surface area contributed by atoms with E-state index >= 15 is 0 Å². The van der Waals surface area contributed by atoms with Crippen LogP contribution in [0.25, 0.3) is 0 Å². The third-order valence-corrected chi connectivity index (χ3v) is 11.1. The van der Waals surface area contributed by atoms with Crippen LogP contribution in [0.2, 0.25) is 0 Å². The lowest BCUT2D eigenvalue weighted by Crippen LogP contribution is -2.56. The molecule has 0 saturated heterocycles. The Labute approximate surface area is 195 Å². The fourth-order valence-corrected chi connectivity index (χ4v) is 9.34. The van der Waals surface area contributed by atoms with Crippen LogP contribution < -0.4 is 0 Å². The van der Waals surface area contributed by atoms with E-state index in [1.54, 1.807) is 0 Å². The Morgan fingerprint density at radius 3 is 2.56 bits per heavy atom. The van der Waals surface area contributed by atoms with Crippen LogP contribution in [0.4, 0.5) is 0 Å². The minimum absolute atomic E-state index is 0.181. The zero-order chi connectivity index (χ0) is 22.7. The molecule has 5 rings (SSSR count). The first-order valence-corrected chi connectivity index (χ1v) is 13.4. The SMILES string of the molecule is COCC12CCC(C)CC1CCC1C3CCC(C(=O)c4ccc(C)c(C)c4)C3(C)CCC12. The van der Waals surface area contributed by atoms with Crippen molar-refractivity contribution in [1.82, 2.24) is 0 Å². The second-order valence-corrected chi connectivity index (χ2v) is 12.5. The van der Waals surface area contributed by atoms with Crippen LogP contribution in [0.1, 0.15) is 93.1 Å². The van der Waals surface area contributed by atoms with E-state index in [1.165, 1.54) is 62.5 Å². The van der Waals surface area contributed by atoms with Crippen LogP contribution in [-0.4, -0.2) is 19.5 Å². The van der Waals surface area contributed by atoms with E-state index in [2.05, 4.69) is 45.9 Å². The van der Waals surface area contributed by atoms with Crippen LogP contribution in [0.3, 0.4) is 0 Å². The van der Waals surface area contributed by atoms with Gasteiger partial charge in [-0.2, -0.15) is 0 Å². The maximum absolute atomic E-state index is 13.7. The number of ketones is 1. The van der Waals surface area contributed by atoms with Gasteiger partial charge in [-0.15, -0.1) is 0 Å². The highest BCUT2D eigenvalue weighted by molar-refractivity contribution is 5.98. The van der Waals surface area contributed by atoms with Crippen molar-refractivity contribution in [2.45, 2.75) is 85.5 Å². The van der Waals surface area contributed by atoms with Crippen LogP contribution >= 0.6 is 0 Å². The predicted molar refractivity (Wildman–Crippen MR) is 131 cm³/mol. The zero-order valence-corrected chi connectivity index (χ0v) is 21.1. The van der Waals surface area contributed by atoms with Crippen LogP contribution in [0.5, 0.6) is 0 Å². The lowest BCUT2D eigenvalue weighted by molar-refractivity contribution is -0.148. The van der Waals surface area contributed by atoms with E-state index in [1.807, 2.05) is 7.11 Å². The average Bonchev–Trinajstić information content (AvgIpc) is 3.13. The van der Waals surface area contributed by atoms with Crippen molar-refractivity contribution in [2.75, 3.05) is 13.7 Å². The summed E-state index contributed by atoms with van der Waals surface area (Å²) in [5.41, 5.74) is 4.05. The van der Waals surface area contributed by atoms with Gasteiger partial charge < -0.3 is 4.74 Å². The summed E-state index contributed by atoms with van der Waals surface area (Å²) >= 11 is 0. The highest BCUT2D eigenvalue weighted by Crippen LogP contribution is 2.68. The molecular weight excluding hydrogens is 392 g/mol.